The minimum absolute atomic E-state index is 0.312. The number of aliphatic hydroxyl groups excluding tert-OH is 2. The van der Waals surface area contributed by atoms with Gasteiger partial charge in [-0.05, 0) is 81.1 Å². The van der Waals surface area contributed by atoms with E-state index < -0.39 is 31.1 Å². The third kappa shape index (κ3) is 3.13. The molecule has 2 N–H and O–H groups in total. The van der Waals surface area contributed by atoms with Crippen molar-refractivity contribution < 1.29 is 29.4 Å². The Morgan fingerprint density at radius 1 is 0.591 bits per heavy atom. The van der Waals surface area contributed by atoms with E-state index in [1.54, 1.807) is 24.3 Å². The second kappa shape index (κ2) is 9.16. The molecule has 2 aliphatic rings. The van der Waals surface area contributed by atoms with Crippen molar-refractivity contribution in [2.45, 2.75) is 26.3 Å². The number of aliphatic hydroxyl groups is 2. The largest absolute Gasteiger partial charge is 0.394 e. The van der Waals surface area contributed by atoms with Crippen LogP contribution in [0.25, 0.3) is 43.1 Å². The fourth-order valence-corrected chi connectivity index (χ4v) is 7.37. The molecule has 2 heterocycles. The first-order valence-electron chi connectivity index (χ1n) is 14.6. The summed E-state index contributed by atoms with van der Waals surface area (Å²) in [5.41, 5.74) is 3.90. The molecule has 8 rings (SSSR count). The molecule has 8 heteroatoms. The van der Waals surface area contributed by atoms with Crippen molar-refractivity contribution in [3.05, 3.63) is 100 Å². The molecule has 0 unspecified atom stereocenters. The predicted molar refractivity (Wildman–Crippen MR) is 168 cm³/mol. The van der Waals surface area contributed by atoms with Gasteiger partial charge in [-0.25, -0.2) is 4.90 Å². The lowest BCUT2D eigenvalue weighted by Crippen LogP contribution is -2.50. The topological polar surface area (TPSA) is 115 Å². The number of para-hydroxylation sites is 1. The lowest BCUT2D eigenvalue weighted by Gasteiger charge is -2.33. The number of nitrogens with zero attached hydrogens (tertiary/aromatic N) is 2. The number of rotatable bonds is 5. The zero-order valence-corrected chi connectivity index (χ0v) is 24.0. The molecule has 8 nitrogen and oxygen atoms in total. The number of carbonyl (C=O) groups is 4. The van der Waals surface area contributed by atoms with Gasteiger partial charge in [-0.2, -0.15) is 0 Å². The summed E-state index contributed by atoms with van der Waals surface area (Å²) in [5.74, 6) is -1.89. The van der Waals surface area contributed by atoms with Gasteiger partial charge in [-0.15, -0.1) is 0 Å². The van der Waals surface area contributed by atoms with E-state index in [4.69, 9.17) is 0 Å². The van der Waals surface area contributed by atoms with Crippen LogP contribution in [0.3, 0.4) is 0 Å². The smallest absolute Gasteiger partial charge is 0.266 e. The first kappa shape index (κ1) is 26.4. The highest BCUT2D eigenvalue weighted by Crippen LogP contribution is 2.47. The Balaban J connectivity index is 1.42. The molecular weight excluding hydrogens is 556 g/mol. The SMILES string of the molecule is CCc1cccc(C)c1N1C(=O)c2ccc3c4ccc5c6c(ccc(c7ccc(c2c37)C1=O)c64)C(=O)N(C(CO)CO)C5=O. The number of anilines is 1. The van der Waals surface area contributed by atoms with Crippen LogP contribution in [0.15, 0.2) is 66.7 Å². The molecule has 0 bridgehead atoms. The normalized spacial score (nSPS) is 14.9. The molecule has 4 amide bonds. The van der Waals surface area contributed by atoms with Crippen LogP contribution in [0.4, 0.5) is 5.69 Å². The molecule has 0 aromatic heterocycles. The van der Waals surface area contributed by atoms with E-state index in [2.05, 4.69) is 0 Å². The summed E-state index contributed by atoms with van der Waals surface area (Å²) in [7, 11) is 0. The van der Waals surface area contributed by atoms with Crippen LogP contribution in [0.2, 0.25) is 0 Å². The van der Waals surface area contributed by atoms with Gasteiger partial charge in [-0.3, -0.25) is 24.1 Å². The minimum Gasteiger partial charge on any atom is -0.394 e. The van der Waals surface area contributed by atoms with E-state index in [0.717, 1.165) is 48.3 Å². The van der Waals surface area contributed by atoms with Crippen LogP contribution in [0.1, 0.15) is 59.5 Å². The van der Waals surface area contributed by atoms with Gasteiger partial charge < -0.3 is 10.2 Å². The van der Waals surface area contributed by atoms with Gasteiger partial charge in [0.25, 0.3) is 23.6 Å². The van der Waals surface area contributed by atoms with Crippen LogP contribution in [-0.2, 0) is 6.42 Å². The summed E-state index contributed by atoms with van der Waals surface area (Å²) in [6, 6.07) is 19.0. The number of hydrogen-bond donors (Lipinski definition) is 2. The second-order valence-corrected chi connectivity index (χ2v) is 11.5. The number of benzene rings is 6. The molecular formula is C36H26N2O6. The summed E-state index contributed by atoms with van der Waals surface area (Å²) < 4.78 is 0. The number of aryl methyl sites for hydroxylation is 2. The zero-order chi connectivity index (χ0) is 30.6. The van der Waals surface area contributed by atoms with Gasteiger partial charge in [0.1, 0.15) is 0 Å². The average Bonchev–Trinajstić information content (AvgIpc) is 3.04. The van der Waals surface area contributed by atoms with E-state index in [0.29, 0.717) is 45.1 Å². The van der Waals surface area contributed by atoms with Gasteiger partial charge in [0, 0.05) is 33.0 Å². The molecule has 44 heavy (non-hydrogen) atoms. The van der Waals surface area contributed by atoms with Gasteiger partial charge in [0.05, 0.1) is 24.9 Å². The van der Waals surface area contributed by atoms with Crippen molar-refractivity contribution in [2.75, 3.05) is 18.1 Å². The third-order valence-electron chi connectivity index (χ3n) is 9.38. The van der Waals surface area contributed by atoms with Crippen LogP contribution < -0.4 is 4.90 Å². The fraction of sp³-hybridized carbons (Fsp3) is 0.167. The lowest BCUT2D eigenvalue weighted by molar-refractivity contribution is 0.0375. The van der Waals surface area contributed by atoms with Crippen LogP contribution in [-0.4, -0.2) is 58.0 Å². The second-order valence-electron chi connectivity index (χ2n) is 11.5. The summed E-state index contributed by atoms with van der Waals surface area (Å²) in [6.45, 7) is 2.80. The van der Waals surface area contributed by atoms with Crippen LogP contribution >= 0.6 is 0 Å². The van der Waals surface area contributed by atoms with Crippen molar-refractivity contribution >= 4 is 72.4 Å². The summed E-state index contributed by atoms with van der Waals surface area (Å²) >= 11 is 0. The molecule has 2 aliphatic heterocycles. The fourth-order valence-electron chi connectivity index (χ4n) is 7.37. The minimum atomic E-state index is -1.05. The molecule has 6 aromatic carbocycles. The van der Waals surface area contributed by atoms with Gasteiger partial charge in [0.15, 0.2) is 0 Å². The maximum atomic E-state index is 14.1. The first-order valence-corrected chi connectivity index (χ1v) is 14.6. The Kier molecular flexibility index (Phi) is 5.51. The maximum absolute atomic E-state index is 14.1. The maximum Gasteiger partial charge on any atom is 0.266 e. The number of amides is 4. The first-order chi connectivity index (χ1) is 21.3. The molecule has 0 saturated carbocycles. The van der Waals surface area contributed by atoms with Crippen molar-refractivity contribution in [3.8, 4) is 0 Å². The number of fused-ring (bicyclic) bond motifs is 2. The molecule has 0 fully saturated rings. The Bertz CT molecular complexity index is 2180. The van der Waals surface area contributed by atoms with E-state index in [-0.39, 0.29) is 11.8 Å². The lowest BCUT2D eigenvalue weighted by atomic mass is 9.82. The highest BCUT2D eigenvalue weighted by molar-refractivity contribution is 6.43. The van der Waals surface area contributed by atoms with E-state index >= 15 is 0 Å². The number of hydrogen-bond acceptors (Lipinski definition) is 6. The molecule has 216 valence electrons. The Morgan fingerprint density at radius 3 is 1.43 bits per heavy atom. The van der Waals surface area contributed by atoms with Crippen LogP contribution in [0, 0.1) is 6.92 Å². The van der Waals surface area contributed by atoms with Crippen LogP contribution in [0.5, 0.6) is 0 Å². The summed E-state index contributed by atoms with van der Waals surface area (Å²) in [6.07, 6.45) is 0.669. The Labute approximate surface area is 251 Å². The van der Waals surface area contributed by atoms with E-state index in [1.165, 1.54) is 4.90 Å². The zero-order valence-electron chi connectivity index (χ0n) is 24.0. The van der Waals surface area contributed by atoms with Crippen molar-refractivity contribution in [2.24, 2.45) is 0 Å². The molecule has 0 radical (unpaired) electrons. The monoisotopic (exact) mass is 582 g/mol. The van der Waals surface area contributed by atoms with Gasteiger partial charge >= 0.3 is 0 Å². The Morgan fingerprint density at radius 2 is 1.02 bits per heavy atom. The van der Waals surface area contributed by atoms with E-state index in [9.17, 15) is 29.4 Å². The predicted octanol–water partition coefficient (Wildman–Crippen LogP) is 5.36. The molecule has 6 aromatic rings. The van der Waals surface area contributed by atoms with Gasteiger partial charge in [-0.1, -0.05) is 49.4 Å². The third-order valence-corrected chi connectivity index (χ3v) is 9.38. The van der Waals surface area contributed by atoms with E-state index in [1.807, 2.05) is 56.3 Å². The Hall–Kier alpha value is -5.18. The highest BCUT2D eigenvalue weighted by Gasteiger charge is 2.39. The molecule has 0 atom stereocenters. The average molecular weight is 583 g/mol. The molecule has 0 aliphatic carbocycles. The van der Waals surface area contributed by atoms with Gasteiger partial charge in [0.2, 0.25) is 0 Å². The summed E-state index contributed by atoms with van der Waals surface area (Å²) in [4.78, 5) is 57.6. The van der Waals surface area contributed by atoms with Crippen molar-refractivity contribution in [1.82, 2.24) is 4.90 Å². The van der Waals surface area contributed by atoms with Crippen molar-refractivity contribution in [3.63, 3.8) is 0 Å². The quantitative estimate of drug-likeness (QED) is 0.161. The molecule has 0 saturated heterocycles. The number of carbonyl (C=O) groups excluding carboxylic acids is 4. The molecule has 0 spiro atoms. The number of imide groups is 2. The highest BCUT2D eigenvalue weighted by atomic mass is 16.3. The summed E-state index contributed by atoms with van der Waals surface area (Å²) in [5, 5.41) is 25.4. The standard InChI is InChI=1S/C36H26N2O6/c1-3-18-6-4-5-17(2)32(18)38-35(43)26-13-9-22-20-7-11-24-30-25(34(42)37(33(24)41)19(15-39)16-40)12-8-21(28(20)30)23-10-14-27(36(38)44)31(26)29(22)23/h4-14,19,39-40H,3,15-16H2,1-2H3. The van der Waals surface area contributed by atoms with Crippen molar-refractivity contribution in [1.29, 1.82) is 0 Å².